The first-order valence-corrected chi connectivity index (χ1v) is 6.60. The molecule has 1 atom stereocenters. The lowest BCUT2D eigenvalue weighted by molar-refractivity contribution is -0.124. The third-order valence-corrected chi connectivity index (χ3v) is 3.27. The van der Waals surface area contributed by atoms with E-state index in [1.807, 2.05) is 0 Å². The van der Waals surface area contributed by atoms with Gasteiger partial charge in [-0.15, -0.1) is 0 Å². The van der Waals surface area contributed by atoms with Crippen LogP contribution in [0.5, 0.6) is 0 Å². The molecule has 1 heterocycles. The highest BCUT2D eigenvalue weighted by Crippen LogP contribution is 2.20. The van der Waals surface area contributed by atoms with Crippen LogP contribution in [0.4, 0.5) is 5.69 Å². The summed E-state index contributed by atoms with van der Waals surface area (Å²) in [6.45, 7) is 0.798. The predicted octanol–water partition coefficient (Wildman–Crippen LogP) is 1.15. The molecule has 3 N–H and O–H groups in total. The minimum atomic E-state index is -0.286. The van der Waals surface area contributed by atoms with Gasteiger partial charge in [-0.1, -0.05) is 23.7 Å². The Hall–Kier alpha value is -1.59. The molecule has 1 saturated heterocycles. The van der Waals surface area contributed by atoms with Crippen molar-refractivity contribution in [1.29, 1.82) is 0 Å². The van der Waals surface area contributed by atoms with Gasteiger partial charge in [-0.25, -0.2) is 0 Å². The molecule has 0 spiro atoms. The third kappa shape index (κ3) is 3.94. The average Bonchev–Trinajstić information content (AvgIpc) is 2.40. The monoisotopic (exact) mass is 281 g/mol. The van der Waals surface area contributed by atoms with Crippen molar-refractivity contribution in [3.63, 3.8) is 0 Å². The van der Waals surface area contributed by atoms with Gasteiger partial charge in [-0.05, 0) is 25.0 Å². The van der Waals surface area contributed by atoms with Crippen molar-refractivity contribution in [2.24, 2.45) is 0 Å². The van der Waals surface area contributed by atoms with Crippen molar-refractivity contribution in [1.82, 2.24) is 10.6 Å². The molecule has 1 unspecified atom stereocenters. The molecule has 1 aromatic rings. The SMILES string of the molecule is O=C(CNC1CCCNC1=O)Nc1ccccc1Cl. The number of carbonyl (C=O) groups excluding carboxylic acids is 2. The number of piperidine rings is 1. The van der Waals surface area contributed by atoms with Gasteiger partial charge in [0.05, 0.1) is 23.3 Å². The number of amides is 2. The molecule has 0 aromatic heterocycles. The number of hydrogen-bond donors (Lipinski definition) is 3. The number of carbonyl (C=O) groups is 2. The number of halogens is 1. The molecule has 19 heavy (non-hydrogen) atoms. The molecular formula is C13H16ClN3O2. The van der Waals surface area contributed by atoms with E-state index in [4.69, 9.17) is 11.6 Å². The van der Waals surface area contributed by atoms with Crippen LogP contribution in [0.2, 0.25) is 5.02 Å². The summed E-state index contributed by atoms with van der Waals surface area (Å²) in [5, 5.41) is 8.90. The molecule has 0 bridgehead atoms. The molecule has 102 valence electrons. The molecule has 0 saturated carbocycles. The van der Waals surface area contributed by atoms with Crippen molar-refractivity contribution in [3.05, 3.63) is 29.3 Å². The Morgan fingerprint density at radius 3 is 2.95 bits per heavy atom. The first kappa shape index (κ1) is 13.8. The van der Waals surface area contributed by atoms with Gasteiger partial charge in [0.15, 0.2) is 0 Å². The summed E-state index contributed by atoms with van der Waals surface area (Å²) in [4.78, 5) is 23.2. The zero-order chi connectivity index (χ0) is 13.7. The minimum absolute atomic E-state index is 0.0446. The molecule has 2 amide bonds. The lowest BCUT2D eigenvalue weighted by Crippen LogP contribution is -2.50. The van der Waals surface area contributed by atoms with Crippen LogP contribution in [0, 0.1) is 0 Å². The summed E-state index contributed by atoms with van der Waals surface area (Å²) in [5.41, 5.74) is 0.573. The van der Waals surface area contributed by atoms with Crippen molar-refractivity contribution < 1.29 is 9.59 Å². The van der Waals surface area contributed by atoms with Crippen LogP contribution in [-0.4, -0.2) is 30.9 Å². The second kappa shape index (κ2) is 6.54. The van der Waals surface area contributed by atoms with Crippen LogP contribution in [0.1, 0.15) is 12.8 Å². The fourth-order valence-electron chi connectivity index (χ4n) is 1.94. The Morgan fingerprint density at radius 2 is 2.21 bits per heavy atom. The minimum Gasteiger partial charge on any atom is -0.355 e. The zero-order valence-electron chi connectivity index (χ0n) is 10.4. The summed E-state index contributed by atoms with van der Waals surface area (Å²) in [5.74, 6) is -0.261. The second-order valence-corrected chi connectivity index (χ2v) is 4.80. The highest BCUT2D eigenvalue weighted by molar-refractivity contribution is 6.33. The Morgan fingerprint density at radius 1 is 1.42 bits per heavy atom. The maximum atomic E-state index is 11.8. The van der Waals surface area contributed by atoms with E-state index in [-0.39, 0.29) is 24.4 Å². The quantitative estimate of drug-likeness (QED) is 0.775. The van der Waals surface area contributed by atoms with Crippen LogP contribution in [0.15, 0.2) is 24.3 Å². The van der Waals surface area contributed by atoms with Gasteiger partial charge in [0.2, 0.25) is 11.8 Å². The second-order valence-electron chi connectivity index (χ2n) is 4.39. The zero-order valence-corrected chi connectivity index (χ0v) is 11.2. The summed E-state index contributed by atoms with van der Waals surface area (Å²) >= 11 is 5.94. The van der Waals surface area contributed by atoms with E-state index < -0.39 is 0 Å². The number of anilines is 1. The number of para-hydroxylation sites is 1. The van der Waals surface area contributed by atoms with E-state index in [0.29, 0.717) is 17.3 Å². The molecule has 5 nitrogen and oxygen atoms in total. The van der Waals surface area contributed by atoms with Crippen molar-refractivity contribution >= 4 is 29.1 Å². The van der Waals surface area contributed by atoms with E-state index in [1.165, 1.54) is 0 Å². The van der Waals surface area contributed by atoms with Gasteiger partial charge in [-0.3, -0.25) is 14.9 Å². The predicted molar refractivity (Wildman–Crippen MR) is 74.1 cm³/mol. The highest BCUT2D eigenvalue weighted by Gasteiger charge is 2.21. The van der Waals surface area contributed by atoms with Gasteiger partial charge in [-0.2, -0.15) is 0 Å². The molecule has 1 aliphatic rings. The molecule has 0 radical (unpaired) electrons. The van der Waals surface area contributed by atoms with Crippen LogP contribution in [-0.2, 0) is 9.59 Å². The smallest absolute Gasteiger partial charge is 0.238 e. The van der Waals surface area contributed by atoms with E-state index in [1.54, 1.807) is 24.3 Å². The molecular weight excluding hydrogens is 266 g/mol. The number of rotatable bonds is 4. The first-order valence-electron chi connectivity index (χ1n) is 6.22. The van der Waals surface area contributed by atoms with E-state index in [0.717, 1.165) is 12.8 Å². The number of nitrogens with one attached hydrogen (secondary N) is 3. The van der Waals surface area contributed by atoms with Gasteiger partial charge in [0.1, 0.15) is 0 Å². The molecule has 1 fully saturated rings. The summed E-state index contributed by atoms with van der Waals surface area (Å²) in [7, 11) is 0. The molecule has 2 rings (SSSR count). The third-order valence-electron chi connectivity index (χ3n) is 2.94. The normalized spacial score (nSPS) is 18.8. The van der Waals surface area contributed by atoms with E-state index >= 15 is 0 Å². The lowest BCUT2D eigenvalue weighted by atomic mass is 10.1. The number of hydrogen-bond acceptors (Lipinski definition) is 3. The topological polar surface area (TPSA) is 70.2 Å². The fraction of sp³-hybridized carbons (Fsp3) is 0.385. The van der Waals surface area contributed by atoms with Gasteiger partial charge < -0.3 is 10.6 Å². The molecule has 6 heteroatoms. The Bertz CT molecular complexity index is 479. The average molecular weight is 282 g/mol. The van der Waals surface area contributed by atoms with Crippen molar-refractivity contribution in [3.8, 4) is 0 Å². The largest absolute Gasteiger partial charge is 0.355 e. The van der Waals surface area contributed by atoms with Crippen LogP contribution < -0.4 is 16.0 Å². The van der Waals surface area contributed by atoms with Crippen LogP contribution in [0.3, 0.4) is 0 Å². The van der Waals surface area contributed by atoms with Gasteiger partial charge >= 0.3 is 0 Å². The summed E-state index contributed by atoms with van der Waals surface area (Å²) in [6.07, 6.45) is 1.68. The molecule has 1 aliphatic heterocycles. The van der Waals surface area contributed by atoms with E-state index in [9.17, 15) is 9.59 Å². The standard InChI is InChI=1S/C13H16ClN3O2/c14-9-4-1-2-5-10(9)17-12(18)8-16-11-6-3-7-15-13(11)19/h1-2,4-5,11,16H,3,6-8H2,(H,15,19)(H,17,18). The van der Waals surface area contributed by atoms with Crippen LogP contribution in [0.25, 0.3) is 0 Å². The molecule has 0 aliphatic carbocycles. The first-order chi connectivity index (χ1) is 9.16. The van der Waals surface area contributed by atoms with Gasteiger partial charge in [0, 0.05) is 6.54 Å². The highest BCUT2D eigenvalue weighted by atomic mass is 35.5. The summed E-state index contributed by atoms with van der Waals surface area (Å²) < 4.78 is 0. The van der Waals surface area contributed by atoms with Crippen molar-refractivity contribution in [2.45, 2.75) is 18.9 Å². The molecule has 1 aromatic carbocycles. The lowest BCUT2D eigenvalue weighted by Gasteiger charge is -2.22. The maximum absolute atomic E-state index is 11.8. The van der Waals surface area contributed by atoms with Crippen molar-refractivity contribution in [2.75, 3.05) is 18.4 Å². The Kier molecular flexibility index (Phi) is 4.76. The number of benzene rings is 1. The summed E-state index contributed by atoms with van der Waals surface area (Å²) in [6, 6.07) is 6.74. The fourth-order valence-corrected chi connectivity index (χ4v) is 2.12. The Labute approximate surface area is 116 Å². The maximum Gasteiger partial charge on any atom is 0.238 e. The Balaban J connectivity index is 1.81. The van der Waals surface area contributed by atoms with Crippen LogP contribution >= 0.6 is 11.6 Å². The van der Waals surface area contributed by atoms with E-state index in [2.05, 4.69) is 16.0 Å². The van der Waals surface area contributed by atoms with Gasteiger partial charge in [0.25, 0.3) is 0 Å².